The number of nitrogens with zero attached hydrogens (tertiary/aromatic N) is 2. The van der Waals surface area contributed by atoms with Crippen LogP contribution in [0.2, 0.25) is 0 Å². The van der Waals surface area contributed by atoms with Crippen molar-refractivity contribution in [1.82, 2.24) is 9.55 Å². The fraction of sp³-hybridized carbons (Fsp3) is 0.286. The lowest BCUT2D eigenvalue weighted by atomic mass is 10.5. The summed E-state index contributed by atoms with van der Waals surface area (Å²) in [5, 5.41) is 0. The van der Waals surface area contributed by atoms with Crippen molar-refractivity contribution in [3.8, 4) is 0 Å². The van der Waals surface area contributed by atoms with Crippen molar-refractivity contribution in [2.75, 3.05) is 0 Å². The Morgan fingerprint density at radius 2 is 2.33 bits per heavy atom. The van der Waals surface area contributed by atoms with E-state index in [4.69, 9.17) is 0 Å². The summed E-state index contributed by atoms with van der Waals surface area (Å²) in [5.41, 5.74) is 1.13. The van der Waals surface area contributed by atoms with Crippen LogP contribution in [0.15, 0.2) is 12.8 Å². The van der Waals surface area contributed by atoms with Gasteiger partial charge in [0.25, 0.3) is 0 Å². The first kappa shape index (κ1) is 6.08. The highest BCUT2D eigenvalue weighted by atomic mass is 15.1. The fourth-order valence-corrected chi connectivity index (χ4v) is 0.843. The standard InChI is InChI=1S/C7H10N2/c1-4-9-6(2)5-8-7(9)3/h4-5H,1H2,2-3H3. The van der Waals surface area contributed by atoms with Crippen LogP contribution in [-0.2, 0) is 0 Å². The number of imidazole rings is 1. The number of hydrogen-bond acceptors (Lipinski definition) is 1. The molecule has 0 aliphatic carbocycles. The van der Waals surface area contributed by atoms with Crippen molar-refractivity contribution < 1.29 is 0 Å². The molecular formula is C7H10N2. The lowest BCUT2D eigenvalue weighted by Gasteiger charge is -1.95. The largest absolute Gasteiger partial charge is 0.309 e. The third kappa shape index (κ3) is 0.875. The lowest BCUT2D eigenvalue weighted by molar-refractivity contribution is 0.997. The molecule has 0 aliphatic heterocycles. The van der Waals surface area contributed by atoms with Crippen molar-refractivity contribution in [1.29, 1.82) is 0 Å². The van der Waals surface area contributed by atoms with Gasteiger partial charge in [-0.05, 0) is 13.8 Å². The van der Waals surface area contributed by atoms with Gasteiger partial charge in [-0.1, -0.05) is 6.58 Å². The summed E-state index contributed by atoms with van der Waals surface area (Å²) in [6.07, 6.45) is 3.59. The van der Waals surface area contributed by atoms with Gasteiger partial charge in [0.15, 0.2) is 0 Å². The molecule has 0 spiro atoms. The first-order valence-corrected chi connectivity index (χ1v) is 2.88. The molecule has 0 aromatic carbocycles. The zero-order valence-corrected chi connectivity index (χ0v) is 5.76. The van der Waals surface area contributed by atoms with E-state index in [9.17, 15) is 0 Å². The van der Waals surface area contributed by atoms with Crippen LogP contribution in [0.25, 0.3) is 6.20 Å². The Hall–Kier alpha value is -1.05. The zero-order valence-electron chi connectivity index (χ0n) is 5.76. The van der Waals surface area contributed by atoms with Crippen molar-refractivity contribution in [3.63, 3.8) is 0 Å². The summed E-state index contributed by atoms with van der Waals surface area (Å²) in [6, 6.07) is 0. The van der Waals surface area contributed by atoms with Crippen molar-refractivity contribution in [2.45, 2.75) is 13.8 Å². The highest BCUT2D eigenvalue weighted by Crippen LogP contribution is 2.01. The van der Waals surface area contributed by atoms with Crippen LogP contribution in [-0.4, -0.2) is 9.55 Å². The molecule has 0 N–H and O–H groups in total. The Kier molecular flexibility index (Phi) is 1.39. The molecule has 0 unspecified atom stereocenters. The maximum absolute atomic E-state index is 4.08. The van der Waals surface area contributed by atoms with E-state index < -0.39 is 0 Å². The molecule has 9 heavy (non-hydrogen) atoms. The molecule has 0 atom stereocenters. The van der Waals surface area contributed by atoms with Crippen LogP contribution >= 0.6 is 0 Å². The fourth-order valence-electron chi connectivity index (χ4n) is 0.843. The second-order valence-electron chi connectivity index (χ2n) is 2.00. The molecule has 1 aromatic heterocycles. The van der Waals surface area contributed by atoms with Gasteiger partial charge >= 0.3 is 0 Å². The minimum atomic E-state index is 0.988. The lowest BCUT2D eigenvalue weighted by Crippen LogP contribution is -1.90. The Balaban J connectivity index is 3.22. The Morgan fingerprint density at radius 1 is 1.67 bits per heavy atom. The second-order valence-corrected chi connectivity index (χ2v) is 2.00. The van der Waals surface area contributed by atoms with Crippen LogP contribution < -0.4 is 0 Å². The molecular weight excluding hydrogens is 112 g/mol. The molecule has 0 fully saturated rings. The molecule has 0 bridgehead atoms. The first-order valence-electron chi connectivity index (χ1n) is 2.88. The minimum absolute atomic E-state index is 0.988. The van der Waals surface area contributed by atoms with Crippen LogP contribution in [0.3, 0.4) is 0 Å². The molecule has 48 valence electrons. The van der Waals surface area contributed by atoms with E-state index >= 15 is 0 Å². The van der Waals surface area contributed by atoms with E-state index in [0.29, 0.717) is 0 Å². The van der Waals surface area contributed by atoms with Gasteiger partial charge in [-0.2, -0.15) is 0 Å². The molecule has 0 aliphatic rings. The predicted molar refractivity (Wildman–Crippen MR) is 38.1 cm³/mol. The van der Waals surface area contributed by atoms with Gasteiger partial charge in [0.1, 0.15) is 5.82 Å². The van der Waals surface area contributed by atoms with Gasteiger partial charge < -0.3 is 4.57 Å². The molecule has 0 amide bonds. The SMILES string of the molecule is C=Cn1c(C)cnc1C. The monoisotopic (exact) mass is 122 g/mol. The summed E-state index contributed by atoms with van der Waals surface area (Å²) < 4.78 is 1.94. The molecule has 2 heteroatoms. The van der Waals surface area contributed by atoms with Gasteiger partial charge in [0, 0.05) is 18.1 Å². The molecule has 2 nitrogen and oxygen atoms in total. The van der Waals surface area contributed by atoms with Crippen molar-refractivity contribution in [3.05, 3.63) is 24.3 Å². The summed E-state index contributed by atoms with van der Waals surface area (Å²) in [5.74, 6) is 0.988. The second kappa shape index (κ2) is 2.05. The van der Waals surface area contributed by atoms with E-state index in [1.165, 1.54) is 0 Å². The maximum atomic E-state index is 4.08. The smallest absolute Gasteiger partial charge is 0.109 e. The van der Waals surface area contributed by atoms with Crippen LogP contribution in [0.4, 0.5) is 0 Å². The van der Waals surface area contributed by atoms with Gasteiger partial charge in [0.2, 0.25) is 0 Å². The molecule has 0 radical (unpaired) electrons. The Bertz CT molecular complexity index is 203. The predicted octanol–water partition coefficient (Wildman–Crippen LogP) is 1.60. The van der Waals surface area contributed by atoms with E-state index in [2.05, 4.69) is 11.6 Å². The van der Waals surface area contributed by atoms with E-state index in [-0.39, 0.29) is 0 Å². The average molecular weight is 122 g/mol. The van der Waals surface area contributed by atoms with E-state index in [0.717, 1.165) is 11.5 Å². The topological polar surface area (TPSA) is 17.8 Å². The van der Waals surface area contributed by atoms with Crippen LogP contribution in [0, 0.1) is 13.8 Å². The van der Waals surface area contributed by atoms with Gasteiger partial charge in [0.05, 0.1) is 0 Å². The molecule has 1 aromatic rings. The highest BCUT2D eigenvalue weighted by molar-refractivity contribution is 5.23. The quantitative estimate of drug-likeness (QED) is 0.553. The molecule has 1 rings (SSSR count). The normalized spacial score (nSPS) is 9.56. The minimum Gasteiger partial charge on any atom is -0.309 e. The number of rotatable bonds is 1. The third-order valence-electron chi connectivity index (χ3n) is 1.35. The Morgan fingerprint density at radius 3 is 2.56 bits per heavy atom. The highest BCUT2D eigenvalue weighted by Gasteiger charge is 1.94. The summed E-state index contributed by atoms with van der Waals surface area (Å²) in [4.78, 5) is 4.08. The van der Waals surface area contributed by atoms with Crippen molar-refractivity contribution in [2.24, 2.45) is 0 Å². The number of aromatic nitrogens is 2. The zero-order chi connectivity index (χ0) is 6.85. The first-order chi connectivity index (χ1) is 4.25. The average Bonchev–Trinajstić information content (AvgIpc) is 2.12. The van der Waals surface area contributed by atoms with Crippen LogP contribution in [0.1, 0.15) is 11.5 Å². The molecule has 0 saturated heterocycles. The van der Waals surface area contributed by atoms with Gasteiger partial charge in [-0.25, -0.2) is 4.98 Å². The number of hydrogen-bond donors (Lipinski definition) is 0. The maximum Gasteiger partial charge on any atom is 0.109 e. The number of aryl methyl sites for hydroxylation is 2. The van der Waals surface area contributed by atoms with E-state index in [1.54, 1.807) is 6.20 Å². The Labute approximate surface area is 54.8 Å². The molecule has 1 heterocycles. The van der Waals surface area contributed by atoms with E-state index in [1.807, 2.05) is 24.6 Å². The third-order valence-corrected chi connectivity index (χ3v) is 1.35. The summed E-state index contributed by atoms with van der Waals surface area (Å²) >= 11 is 0. The molecule has 0 saturated carbocycles. The van der Waals surface area contributed by atoms with Gasteiger partial charge in [-0.15, -0.1) is 0 Å². The summed E-state index contributed by atoms with van der Waals surface area (Å²) in [6.45, 7) is 7.60. The van der Waals surface area contributed by atoms with Crippen molar-refractivity contribution >= 4 is 6.20 Å². The summed E-state index contributed by atoms with van der Waals surface area (Å²) in [7, 11) is 0. The van der Waals surface area contributed by atoms with Crippen LogP contribution in [0.5, 0.6) is 0 Å². The van der Waals surface area contributed by atoms with Gasteiger partial charge in [-0.3, -0.25) is 0 Å².